The van der Waals surface area contributed by atoms with Crippen molar-refractivity contribution >= 4 is 33.5 Å². The first-order chi connectivity index (χ1) is 16.2. The van der Waals surface area contributed by atoms with E-state index in [0.717, 1.165) is 21.5 Å². The van der Waals surface area contributed by atoms with E-state index in [1.54, 1.807) is 27.7 Å². The van der Waals surface area contributed by atoms with Crippen LogP contribution in [0.15, 0.2) is 72.8 Å². The molecule has 0 spiro atoms. The molecule has 0 radical (unpaired) electrons. The highest BCUT2D eigenvalue weighted by Crippen LogP contribution is 2.36. The van der Waals surface area contributed by atoms with Crippen LogP contribution in [0.3, 0.4) is 0 Å². The molecule has 0 N–H and O–H groups in total. The number of carbonyl (C=O) groups is 2. The molecular formula is C28H30O6. The molecule has 0 saturated heterocycles. The molecule has 6 nitrogen and oxygen atoms in total. The fourth-order valence-corrected chi connectivity index (χ4v) is 3.28. The second-order valence-corrected chi connectivity index (χ2v) is 8.42. The summed E-state index contributed by atoms with van der Waals surface area (Å²) in [4.78, 5) is 23.5. The van der Waals surface area contributed by atoms with Crippen molar-refractivity contribution < 1.29 is 28.5 Å². The predicted molar refractivity (Wildman–Crippen MR) is 133 cm³/mol. The molecule has 0 heterocycles. The highest BCUT2D eigenvalue weighted by atomic mass is 16.6. The Morgan fingerprint density at radius 1 is 0.735 bits per heavy atom. The molecule has 0 bridgehead atoms. The van der Waals surface area contributed by atoms with Gasteiger partial charge in [0.15, 0.2) is 0 Å². The minimum Gasteiger partial charge on any atom is -0.489 e. The lowest BCUT2D eigenvalue weighted by Crippen LogP contribution is -2.22. The summed E-state index contributed by atoms with van der Waals surface area (Å²) in [5, 5.41) is 3.84. The lowest BCUT2D eigenvalue weighted by molar-refractivity contribution is -0.145. The zero-order valence-corrected chi connectivity index (χ0v) is 20.1. The summed E-state index contributed by atoms with van der Waals surface area (Å²) in [5.74, 6) is 0.399. The van der Waals surface area contributed by atoms with Crippen LogP contribution in [0.4, 0.5) is 0 Å². The topological polar surface area (TPSA) is 71.1 Å². The maximum atomic E-state index is 11.8. The van der Waals surface area contributed by atoms with Gasteiger partial charge >= 0.3 is 11.9 Å². The molecule has 178 valence electrons. The number of carbonyl (C=O) groups excluding carboxylic acids is 2. The summed E-state index contributed by atoms with van der Waals surface area (Å²) in [6.07, 6.45) is -0.890. The molecule has 0 amide bonds. The van der Waals surface area contributed by atoms with Crippen LogP contribution in [0.5, 0.6) is 11.5 Å². The molecule has 2 unspecified atom stereocenters. The quantitative estimate of drug-likeness (QED) is 0.217. The second-order valence-electron chi connectivity index (χ2n) is 8.42. The van der Waals surface area contributed by atoms with Gasteiger partial charge in [0, 0.05) is 21.9 Å². The summed E-state index contributed by atoms with van der Waals surface area (Å²) in [5.41, 5.74) is 0.682. The summed E-state index contributed by atoms with van der Waals surface area (Å²) in [6.45, 7) is 14.3. The Hall–Kier alpha value is -3.80. The minimum atomic E-state index is -0.447. The summed E-state index contributed by atoms with van der Waals surface area (Å²) < 4.78 is 22.7. The maximum absolute atomic E-state index is 11.8. The Labute approximate surface area is 199 Å². The number of hydrogen-bond donors (Lipinski definition) is 0. The van der Waals surface area contributed by atoms with Crippen molar-refractivity contribution in [1.82, 2.24) is 0 Å². The summed E-state index contributed by atoms with van der Waals surface area (Å²) >= 11 is 0. The molecule has 0 aromatic heterocycles. The number of esters is 2. The molecule has 0 aliphatic rings. The van der Waals surface area contributed by atoms with E-state index in [0.29, 0.717) is 22.6 Å². The monoisotopic (exact) mass is 462 g/mol. The lowest BCUT2D eigenvalue weighted by Gasteiger charge is -2.18. The molecule has 34 heavy (non-hydrogen) atoms. The van der Waals surface area contributed by atoms with Crippen molar-refractivity contribution in [3.05, 3.63) is 72.8 Å². The van der Waals surface area contributed by atoms with Crippen LogP contribution in [-0.4, -0.2) is 37.4 Å². The van der Waals surface area contributed by atoms with E-state index in [4.69, 9.17) is 18.9 Å². The van der Waals surface area contributed by atoms with E-state index in [2.05, 4.69) is 13.2 Å². The van der Waals surface area contributed by atoms with Gasteiger partial charge in [0.2, 0.25) is 0 Å². The van der Waals surface area contributed by atoms with Crippen LogP contribution in [0.25, 0.3) is 21.5 Å². The molecule has 6 heteroatoms. The Morgan fingerprint density at radius 3 is 1.47 bits per heavy atom. The van der Waals surface area contributed by atoms with Crippen molar-refractivity contribution in [2.24, 2.45) is 0 Å². The third-order valence-corrected chi connectivity index (χ3v) is 5.06. The normalized spacial score (nSPS) is 12.6. The fourth-order valence-electron chi connectivity index (χ4n) is 3.28. The van der Waals surface area contributed by atoms with Gasteiger partial charge in [0.05, 0.1) is 0 Å². The van der Waals surface area contributed by atoms with E-state index in [-0.39, 0.29) is 13.2 Å². The Balaban J connectivity index is 1.86. The first kappa shape index (κ1) is 24.8. The molecule has 0 aliphatic carbocycles. The smallest absolute Gasteiger partial charge is 0.333 e. The standard InChI is InChI=1S/C28H30O6/c1-17(2)27(29)33-19(5)15-31-25-11-12-26(32-16-20(6)34-28(30)18(3)4)24-14-22-10-8-7-9-21(22)13-23(24)25/h7-14,19-20H,1,3,15-16H2,2,4-6H3. The van der Waals surface area contributed by atoms with Crippen molar-refractivity contribution in [3.8, 4) is 11.5 Å². The van der Waals surface area contributed by atoms with Gasteiger partial charge in [-0.1, -0.05) is 37.4 Å². The average molecular weight is 463 g/mol. The van der Waals surface area contributed by atoms with Crippen LogP contribution in [0.1, 0.15) is 27.7 Å². The average Bonchev–Trinajstić information content (AvgIpc) is 2.80. The van der Waals surface area contributed by atoms with E-state index < -0.39 is 24.1 Å². The van der Waals surface area contributed by atoms with Gasteiger partial charge in [-0.15, -0.1) is 0 Å². The minimum absolute atomic E-state index is 0.190. The molecule has 0 saturated carbocycles. The van der Waals surface area contributed by atoms with Gasteiger partial charge in [-0.2, -0.15) is 0 Å². The molecular weight excluding hydrogens is 432 g/mol. The second kappa shape index (κ2) is 10.9. The summed E-state index contributed by atoms with van der Waals surface area (Å²) in [6, 6.07) is 15.8. The Morgan fingerprint density at radius 2 is 1.12 bits per heavy atom. The van der Waals surface area contributed by atoms with Crippen LogP contribution in [0.2, 0.25) is 0 Å². The van der Waals surface area contributed by atoms with Crippen LogP contribution < -0.4 is 9.47 Å². The van der Waals surface area contributed by atoms with E-state index in [1.807, 2.05) is 48.5 Å². The summed E-state index contributed by atoms with van der Waals surface area (Å²) in [7, 11) is 0. The number of ether oxygens (including phenoxy) is 4. The SMILES string of the molecule is C=C(C)C(=O)OC(C)COc1ccc(OCC(C)OC(=O)C(=C)C)c2cc3ccccc3cc12. The molecule has 3 aromatic rings. The van der Waals surface area contributed by atoms with Gasteiger partial charge in [-0.3, -0.25) is 0 Å². The number of rotatable bonds is 10. The number of benzene rings is 3. The molecule has 3 rings (SSSR count). The van der Waals surface area contributed by atoms with Crippen molar-refractivity contribution in [1.29, 1.82) is 0 Å². The van der Waals surface area contributed by atoms with E-state index in [9.17, 15) is 9.59 Å². The van der Waals surface area contributed by atoms with Crippen LogP contribution in [-0.2, 0) is 19.1 Å². The van der Waals surface area contributed by atoms with Crippen LogP contribution in [0, 0.1) is 0 Å². The van der Waals surface area contributed by atoms with E-state index >= 15 is 0 Å². The van der Waals surface area contributed by atoms with Crippen molar-refractivity contribution in [2.45, 2.75) is 39.9 Å². The molecule has 0 fully saturated rings. The zero-order chi connectivity index (χ0) is 24.8. The van der Waals surface area contributed by atoms with Crippen molar-refractivity contribution in [2.75, 3.05) is 13.2 Å². The fraction of sp³-hybridized carbons (Fsp3) is 0.286. The van der Waals surface area contributed by atoms with Crippen LogP contribution >= 0.6 is 0 Å². The molecule has 2 atom stereocenters. The highest BCUT2D eigenvalue weighted by molar-refractivity contribution is 6.03. The highest BCUT2D eigenvalue weighted by Gasteiger charge is 2.16. The van der Waals surface area contributed by atoms with Gasteiger partial charge in [-0.05, 0) is 62.7 Å². The van der Waals surface area contributed by atoms with Gasteiger partial charge in [-0.25, -0.2) is 9.59 Å². The third-order valence-electron chi connectivity index (χ3n) is 5.06. The maximum Gasteiger partial charge on any atom is 0.333 e. The Kier molecular flexibility index (Phi) is 7.95. The Bertz CT molecular complexity index is 1150. The largest absolute Gasteiger partial charge is 0.489 e. The molecule has 0 aliphatic heterocycles. The van der Waals surface area contributed by atoms with Gasteiger partial charge < -0.3 is 18.9 Å². The number of fused-ring (bicyclic) bond motifs is 2. The predicted octanol–water partition coefficient (Wildman–Crippen LogP) is 5.77. The first-order valence-corrected chi connectivity index (χ1v) is 11.1. The third kappa shape index (κ3) is 6.16. The van der Waals surface area contributed by atoms with E-state index in [1.165, 1.54) is 0 Å². The van der Waals surface area contributed by atoms with Gasteiger partial charge in [0.25, 0.3) is 0 Å². The van der Waals surface area contributed by atoms with Gasteiger partial charge in [0.1, 0.15) is 36.9 Å². The lowest BCUT2D eigenvalue weighted by atomic mass is 10.0. The molecule has 3 aromatic carbocycles. The number of hydrogen-bond acceptors (Lipinski definition) is 6. The van der Waals surface area contributed by atoms with Crippen molar-refractivity contribution in [3.63, 3.8) is 0 Å². The first-order valence-electron chi connectivity index (χ1n) is 11.1. The zero-order valence-electron chi connectivity index (χ0n) is 20.1.